The van der Waals surface area contributed by atoms with Crippen molar-refractivity contribution in [1.29, 1.82) is 0 Å². The number of ether oxygens (including phenoxy) is 1. The second-order valence-corrected chi connectivity index (χ2v) is 6.15. The van der Waals surface area contributed by atoms with E-state index in [-0.39, 0.29) is 18.9 Å². The molecule has 9 heteroatoms. The van der Waals surface area contributed by atoms with Crippen LogP contribution in [0.5, 0.6) is 0 Å². The summed E-state index contributed by atoms with van der Waals surface area (Å²) in [6.07, 6.45) is 3.58. The van der Waals surface area contributed by atoms with Gasteiger partial charge in [-0.15, -0.1) is 0 Å². The lowest BCUT2D eigenvalue weighted by Gasteiger charge is -2.34. The fourth-order valence-electron chi connectivity index (χ4n) is 2.84. The monoisotopic (exact) mass is 362 g/mol. The van der Waals surface area contributed by atoms with Crippen molar-refractivity contribution in [1.82, 2.24) is 20.4 Å². The Morgan fingerprint density at radius 2 is 2.31 bits per heavy atom. The smallest absolute Gasteiger partial charge is 0.226 e. The van der Waals surface area contributed by atoms with Gasteiger partial charge in [-0.05, 0) is 25.0 Å². The van der Waals surface area contributed by atoms with Gasteiger partial charge in [0.15, 0.2) is 0 Å². The van der Waals surface area contributed by atoms with Gasteiger partial charge < -0.3 is 24.8 Å². The van der Waals surface area contributed by atoms with Crippen molar-refractivity contribution in [2.45, 2.75) is 43.9 Å². The van der Waals surface area contributed by atoms with Crippen LogP contribution >= 0.6 is 0 Å². The summed E-state index contributed by atoms with van der Waals surface area (Å²) < 4.78 is 10.4. The average molecular weight is 362 g/mol. The molecule has 0 spiro atoms. The third-order valence-corrected chi connectivity index (χ3v) is 4.26. The Bertz CT molecular complexity index is 708. The van der Waals surface area contributed by atoms with Crippen LogP contribution in [-0.4, -0.2) is 62.7 Å². The fraction of sp³-hybridized carbons (Fsp3) is 0.529. The highest BCUT2D eigenvalue weighted by Gasteiger charge is 2.33. The molecule has 2 aromatic rings. The molecule has 3 rings (SSSR count). The van der Waals surface area contributed by atoms with Crippen LogP contribution in [0.3, 0.4) is 0 Å². The normalized spacial score (nSPS) is 22.9. The van der Waals surface area contributed by atoms with Crippen LogP contribution in [0.1, 0.15) is 25.2 Å². The summed E-state index contributed by atoms with van der Waals surface area (Å²) in [7, 11) is 0. The van der Waals surface area contributed by atoms with Gasteiger partial charge in [0, 0.05) is 37.4 Å². The lowest BCUT2D eigenvalue weighted by molar-refractivity contribution is -0.131. The van der Waals surface area contributed by atoms with E-state index in [2.05, 4.69) is 20.4 Å². The fourth-order valence-corrected chi connectivity index (χ4v) is 2.84. The average Bonchev–Trinajstić information content (AvgIpc) is 3.13. The Kier molecular flexibility index (Phi) is 6.26. The summed E-state index contributed by atoms with van der Waals surface area (Å²) in [5, 5.41) is 25.9. The van der Waals surface area contributed by atoms with Crippen molar-refractivity contribution in [3.05, 3.63) is 30.4 Å². The molecule has 3 atom stereocenters. The van der Waals surface area contributed by atoms with E-state index in [4.69, 9.17) is 14.4 Å². The molecule has 0 bridgehead atoms. The zero-order chi connectivity index (χ0) is 18.4. The molecule has 1 amide bonds. The first-order chi connectivity index (χ1) is 12.7. The maximum Gasteiger partial charge on any atom is 0.226 e. The lowest BCUT2D eigenvalue weighted by Crippen LogP contribution is -2.54. The minimum absolute atomic E-state index is 0.167. The highest BCUT2D eigenvalue weighted by Crippen LogP contribution is 2.16. The molecule has 26 heavy (non-hydrogen) atoms. The Morgan fingerprint density at radius 1 is 1.42 bits per heavy atom. The van der Waals surface area contributed by atoms with Gasteiger partial charge in [0.25, 0.3) is 0 Å². The van der Waals surface area contributed by atoms with Crippen LogP contribution in [0.15, 0.2) is 29.0 Å². The van der Waals surface area contributed by atoms with Crippen molar-refractivity contribution >= 4 is 5.91 Å². The second-order valence-electron chi connectivity index (χ2n) is 6.15. The van der Waals surface area contributed by atoms with E-state index in [0.717, 1.165) is 5.56 Å². The molecular weight excluding hydrogens is 340 g/mol. The molecule has 1 aliphatic heterocycles. The molecule has 140 valence electrons. The molecule has 0 aliphatic carbocycles. The van der Waals surface area contributed by atoms with Crippen LogP contribution < -0.4 is 5.32 Å². The van der Waals surface area contributed by atoms with Crippen molar-refractivity contribution in [2.75, 3.05) is 13.2 Å². The minimum Gasteiger partial charge on any atom is -0.394 e. The van der Waals surface area contributed by atoms with Gasteiger partial charge in [0.2, 0.25) is 17.6 Å². The van der Waals surface area contributed by atoms with E-state index in [1.165, 1.54) is 0 Å². The van der Waals surface area contributed by atoms with E-state index < -0.39 is 18.2 Å². The predicted molar refractivity (Wildman–Crippen MR) is 89.8 cm³/mol. The van der Waals surface area contributed by atoms with Gasteiger partial charge >= 0.3 is 0 Å². The molecule has 0 saturated carbocycles. The second kappa shape index (κ2) is 8.84. The third kappa shape index (κ3) is 4.63. The number of pyridine rings is 1. The van der Waals surface area contributed by atoms with Crippen LogP contribution in [0, 0.1) is 0 Å². The number of nitrogens with zero attached hydrogens (tertiary/aromatic N) is 3. The number of rotatable bonds is 7. The first kappa shape index (κ1) is 18.4. The molecule has 3 N–H and O–H groups in total. The Labute approximate surface area is 150 Å². The number of amides is 1. The van der Waals surface area contributed by atoms with E-state index in [0.29, 0.717) is 37.6 Å². The maximum absolute atomic E-state index is 12.1. The predicted octanol–water partition coefficient (Wildman–Crippen LogP) is 0.0812. The molecule has 1 aliphatic rings. The molecule has 0 unspecified atom stereocenters. The summed E-state index contributed by atoms with van der Waals surface area (Å²) in [4.78, 5) is 20.4. The highest BCUT2D eigenvalue weighted by atomic mass is 16.5. The number of aryl methyl sites for hydroxylation is 1. The van der Waals surface area contributed by atoms with Crippen LogP contribution in [-0.2, 0) is 16.0 Å². The molecule has 0 radical (unpaired) electrons. The lowest BCUT2D eigenvalue weighted by atomic mass is 9.99. The number of nitrogens with one attached hydrogen (secondary N) is 1. The number of aliphatic hydroxyl groups excluding tert-OH is 2. The van der Waals surface area contributed by atoms with E-state index in [1.807, 2.05) is 6.07 Å². The van der Waals surface area contributed by atoms with Gasteiger partial charge in [-0.1, -0.05) is 5.16 Å². The molecule has 1 saturated heterocycles. The van der Waals surface area contributed by atoms with Crippen molar-refractivity contribution in [2.24, 2.45) is 0 Å². The quantitative estimate of drug-likeness (QED) is 0.631. The molecular formula is C17H22N4O5. The third-order valence-electron chi connectivity index (χ3n) is 4.26. The highest BCUT2D eigenvalue weighted by molar-refractivity contribution is 5.76. The topological polar surface area (TPSA) is 131 Å². The summed E-state index contributed by atoms with van der Waals surface area (Å²) in [5.74, 6) is 0.765. The first-order valence-electron chi connectivity index (χ1n) is 8.60. The molecule has 1 fully saturated rings. The van der Waals surface area contributed by atoms with Crippen LogP contribution in [0.4, 0.5) is 0 Å². The minimum atomic E-state index is -0.907. The largest absolute Gasteiger partial charge is 0.394 e. The van der Waals surface area contributed by atoms with Crippen molar-refractivity contribution < 1.29 is 24.3 Å². The number of hydrogen-bond donors (Lipinski definition) is 3. The Morgan fingerprint density at radius 3 is 3.08 bits per heavy atom. The van der Waals surface area contributed by atoms with Gasteiger partial charge in [-0.2, -0.15) is 4.98 Å². The Hall–Kier alpha value is -2.36. The molecule has 0 aromatic carbocycles. The zero-order valence-corrected chi connectivity index (χ0v) is 14.2. The number of carbonyl (C=O) groups excluding carboxylic acids is 1. The standard InChI is InChI=1S/C17H22N4O5/c22-10-13-16(24)12(6-8-25-13)19-14(23)4-1-5-15-20-17(21-26-15)11-3-2-7-18-9-11/h2-3,7,9,12-13,16,22,24H,1,4-6,8,10H2,(H,19,23)/t12-,13+,16-/m0/s1. The maximum atomic E-state index is 12.1. The van der Waals surface area contributed by atoms with Crippen LogP contribution in [0.25, 0.3) is 11.4 Å². The van der Waals surface area contributed by atoms with E-state index in [1.54, 1.807) is 18.5 Å². The van der Waals surface area contributed by atoms with Crippen LogP contribution in [0.2, 0.25) is 0 Å². The van der Waals surface area contributed by atoms with Gasteiger partial charge in [-0.25, -0.2) is 0 Å². The first-order valence-corrected chi connectivity index (χ1v) is 8.60. The SMILES string of the molecule is O=C(CCCc1nc(-c2cccnc2)no1)N[C@H]1CCO[C@H](CO)[C@H]1O. The van der Waals surface area contributed by atoms with E-state index in [9.17, 15) is 9.90 Å². The van der Waals surface area contributed by atoms with Crippen molar-refractivity contribution in [3.8, 4) is 11.4 Å². The Balaban J connectivity index is 1.43. The molecule has 2 aromatic heterocycles. The van der Waals surface area contributed by atoms with Gasteiger partial charge in [-0.3, -0.25) is 9.78 Å². The zero-order valence-electron chi connectivity index (χ0n) is 14.2. The summed E-state index contributed by atoms with van der Waals surface area (Å²) in [5.41, 5.74) is 0.771. The molecule has 3 heterocycles. The number of aliphatic hydroxyl groups is 2. The van der Waals surface area contributed by atoms with Gasteiger partial charge in [0.05, 0.1) is 12.6 Å². The summed E-state index contributed by atoms with van der Waals surface area (Å²) >= 11 is 0. The van der Waals surface area contributed by atoms with E-state index >= 15 is 0 Å². The van der Waals surface area contributed by atoms with Gasteiger partial charge in [0.1, 0.15) is 12.2 Å². The molecule has 9 nitrogen and oxygen atoms in total. The summed E-state index contributed by atoms with van der Waals surface area (Å²) in [6, 6.07) is 3.23. The summed E-state index contributed by atoms with van der Waals surface area (Å²) in [6.45, 7) is 0.121. The number of hydrogen-bond acceptors (Lipinski definition) is 8. The van der Waals surface area contributed by atoms with Crippen molar-refractivity contribution in [3.63, 3.8) is 0 Å². The number of aromatic nitrogens is 3. The number of carbonyl (C=O) groups is 1.